The lowest BCUT2D eigenvalue weighted by atomic mass is 10.0. The lowest BCUT2D eigenvalue weighted by molar-refractivity contribution is -0.113. The highest BCUT2D eigenvalue weighted by Crippen LogP contribution is 2.27. The topological polar surface area (TPSA) is 98.1 Å². The largest absolute Gasteiger partial charge is 0.497 e. The van der Waals surface area contributed by atoms with E-state index >= 15 is 0 Å². The maximum absolute atomic E-state index is 12.9. The maximum Gasteiger partial charge on any atom is 0.251 e. The van der Waals surface area contributed by atoms with Crippen LogP contribution in [0, 0.1) is 5.92 Å². The van der Waals surface area contributed by atoms with Crippen molar-refractivity contribution in [2.45, 2.75) is 31.6 Å². The number of amides is 2. The van der Waals surface area contributed by atoms with Crippen molar-refractivity contribution in [3.63, 3.8) is 0 Å². The van der Waals surface area contributed by atoms with Crippen LogP contribution in [0.2, 0.25) is 10.0 Å². The van der Waals surface area contributed by atoms with Gasteiger partial charge in [-0.05, 0) is 48.4 Å². The first-order chi connectivity index (χ1) is 17.2. The number of hydrogen-bond acceptors (Lipinski definition) is 6. The third-order valence-corrected chi connectivity index (χ3v) is 6.52. The molecule has 1 heterocycles. The van der Waals surface area contributed by atoms with Crippen LogP contribution in [0.1, 0.15) is 36.1 Å². The predicted octanol–water partition coefficient (Wildman–Crippen LogP) is 5.64. The van der Waals surface area contributed by atoms with Gasteiger partial charge in [0.05, 0.1) is 18.9 Å². The van der Waals surface area contributed by atoms with Gasteiger partial charge in [-0.15, -0.1) is 16.8 Å². The maximum atomic E-state index is 12.9. The zero-order valence-electron chi connectivity index (χ0n) is 20.1. The summed E-state index contributed by atoms with van der Waals surface area (Å²) in [5.41, 5.74) is 1.01. The number of thioether (sulfide) groups is 1. The number of carbonyl (C=O) groups excluding carboxylic acids is 2. The van der Waals surface area contributed by atoms with Crippen molar-refractivity contribution >= 4 is 52.5 Å². The van der Waals surface area contributed by atoms with Gasteiger partial charge >= 0.3 is 0 Å². The smallest absolute Gasteiger partial charge is 0.251 e. The number of hydrogen-bond donors (Lipinski definition) is 2. The average Bonchev–Trinajstić information content (AvgIpc) is 3.22. The van der Waals surface area contributed by atoms with Crippen LogP contribution < -0.4 is 15.4 Å². The minimum absolute atomic E-state index is 0.0219. The molecule has 1 unspecified atom stereocenters. The Hall–Kier alpha value is -3.01. The Balaban J connectivity index is 1.74. The van der Waals surface area contributed by atoms with Crippen LogP contribution >= 0.6 is 35.0 Å². The highest BCUT2D eigenvalue weighted by molar-refractivity contribution is 7.99. The van der Waals surface area contributed by atoms with Gasteiger partial charge in [0.25, 0.3) is 5.91 Å². The molecule has 0 aliphatic carbocycles. The lowest BCUT2D eigenvalue weighted by Crippen LogP contribution is -2.33. The van der Waals surface area contributed by atoms with Gasteiger partial charge in [-0.2, -0.15) is 0 Å². The van der Waals surface area contributed by atoms with Gasteiger partial charge in [-0.1, -0.05) is 54.9 Å². The van der Waals surface area contributed by atoms with Crippen molar-refractivity contribution in [2.75, 3.05) is 18.2 Å². The number of anilines is 1. The molecule has 3 aromatic rings. The standard InChI is InChI=1S/C25H27Cl2N5O3S/c1-5-10-32-23(22(15(2)3)29-24(34)16-6-8-20(35-4)9-7-16)30-31-25(32)36-14-21(33)28-19-12-17(26)11-18(27)13-19/h5-9,11-13,15,22H,1,10,14H2,2-4H3,(H,28,33)(H,29,34). The summed E-state index contributed by atoms with van der Waals surface area (Å²) >= 11 is 13.2. The SMILES string of the molecule is C=CCn1c(SCC(=O)Nc2cc(Cl)cc(Cl)c2)nnc1C(NC(=O)c1ccc(OC)cc1)C(C)C. The van der Waals surface area contributed by atoms with Crippen LogP contribution in [0.4, 0.5) is 5.69 Å². The summed E-state index contributed by atoms with van der Waals surface area (Å²) in [6.07, 6.45) is 1.72. The van der Waals surface area contributed by atoms with Crippen LogP contribution in [-0.4, -0.2) is 39.4 Å². The number of nitrogens with zero attached hydrogens (tertiary/aromatic N) is 3. The van der Waals surface area contributed by atoms with E-state index in [1.807, 2.05) is 18.4 Å². The minimum Gasteiger partial charge on any atom is -0.497 e. The Kier molecular flexibility index (Phi) is 9.81. The van der Waals surface area contributed by atoms with Gasteiger partial charge < -0.3 is 19.9 Å². The molecule has 0 aliphatic rings. The quantitative estimate of drug-likeness (QED) is 0.238. The molecule has 36 heavy (non-hydrogen) atoms. The highest BCUT2D eigenvalue weighted by Gasteiger charge is 2.26. The molecule has 3 rings (SSSR count). The molecule has 0 radical (unpaired) electrons. The molecule has 8 nitrogen and oxygen atoms in total. The van der Waals surface area contributed by atoms with Crippen LogP contribution in [0.15, 0.2) is 60.3 Å². The highest BCUT2D eigenvalue weighted by atomic mass is 35.5. The second kappa shape index (κ2) is 12.8. The van der Waals surface area contributed by atoms with E-state index < -0.39 is 6.04 Å². The molecule has 1 aromatic heterocycles. The average molecular weight is 548 g/mol. The molecule has 1 atom stereocenters. The second-order valence-electron chi connectivity index (χ2n) is 8.16. The summed E-state index contributed by atoms with van der Waals surface area (Å²) in [5, 5.41) is 15.9. The summed E-state index contributed by atoms with van der Waals surface area (Å²) in [5.74, 6) is 0.871. The van der Waals surface area contributed by atoms with Crippen molar-refractivity contribution < 1.29 is 14.3 Å². The van der Waals surface area contributed by atoms with Gasteiger partial charge in [0.2, 0.25) is 5.91 Å². The molecular formula is C25H27Cl2N5O3S. The lowest BCUT2D eigenvalue weighted by Gasteiger charge is -2.22. The van der Waals surface area contributed by atoms with Crippen molar-refractivity contribution in [2.24, 2.45) is 5.92 Å². The zero-order valence-corrected chi connectivity index (χ0v) is 22.5. The fourth-order valence-corrected chi connectivity index (χ4v) is 4.67. The fourth-order valence-electron chi connectivity index (χ4n) is 3.39. The monoisotopic (exact) mass is 547 g/mol. The molecule has 2 aromatic carbocycles. The first-order valence-electron chi connectivity index (χ1n) is 11.1. The van der Waals surface area contributed by atoms with Gasteiger partial charge in [0.15, 0.2) is 11.0 Å². The van der Waals surface area contributed by atoms with Crippen LogP contribution in [-0.2, 0) is 11.3 Å². The molecule has 2 amide bonds. The summed E-state index contributed by atoms with van der Waals surface area (Å²) in [4.78, 5) is 25.5. The molecule has 0 bridgehead atoms. The molecular weight excluding hydrogens is 521 g/mol. The Morgan fingerprint density at radius 3 is 2.39 bits per heavy atom. The molecule has 190 valence electrons. The zero-order chi connectivity index (χ0) is 26.2. The Labute approximate surface area is 224 Å². The van der Waals surface area contributed by atoms with E-state index in [1.165, 1.54) is 11.8 Å². The third kappa shape index (κ3) is 7.25. The molecule has 0 spiro atoms. The number of aromatic nitrogens is 3. The Morgan fingerprint density at radius 1 is 1.14 bits per heavy atom. The summed E-state index contributed by atoms with van der Waals surface area (Å²) in [6, 6.07) is 11.3. The van der Waals surface area contributed by atoms with Crippen LogP contribution in [0.5, 0.6) is 5.75 Å². The van der Waals surface area contributed by atoms with Crippen LogP contribution in [0.3, 0.4) is 0 Å². The second-order valence-corrected chi connectivity index (χ2v) is 9.97. The molecule has 0 saturated heterocycles. The number of ether oxygens (including phenoxy) is 1. The molecule has 11 heteroatoms. The van der Waals surface area contributed by atoms with E-state index in [4.69, 9.17) is 27.9 Å². The predicted molar refractivity (Wildman–Crippen MR) is 144 cm³/mol. The molecule has 0 fully saturated rings. The third-order valence-electron chi connectivity index (χ3n) is 5.12. The van der Waals surface area contributed by atoms with E-state index in [-0.39, 0.29) is 23.5 Å². The summed E-state index contributed by atoms with van der Waals surface area (Å²) in [7, 11) is 1.57. The number of nitrogens with one attached hydrogen (secondary N) is 2. The number of methoxy groups -OCH3 is 1. The number of carbonyl (C=O) groups is 2. The number of rotatable bonds is 11. The van der Waals surface area contributed by atoms with E-state index in [2.05, 4.69) is 27.4 Å². The van der Waals surface area contributed by atoms with E-state index in [9.17, 15) is 9.59 Å². The fraction of sp³-hybridized carbons (Fsp3) is 0.280. The summed E-state index contributed by atoms with van der Waals surface area (Å²) in [6.45, 7) is 8.22. The van der Waals surface area contributed by atoms with Gasteiger partial charge in [0.1, 0.15) is 5.75 Å². The van der Waals surface area contributed by atoms with E-state index in [0.717, 1.165) is 0 Å². The number of benzene rings is 2. The first-order valence-corrected chi connectivity index (χ1v) is 12.8. The first kappa shape index (κ1) is 27.6. The molecule has 0 saturated carbocycles. The van der Waals surface area contributed by atoms with Crippen molar-refractivity contribution in [3.8, 4) is 5.75 Å². The number of halogens is 2. The van der Waals surface area contributed by atoms with Crippen molar-refractivity contribution in [3.05, 3.63) is 76.6 Å². The number of allylic oxidation sites excluding steroid dienone is 1. The van der Waals surface area contributed by atoms with E-state index in [1.54, 1.807) is 55.7 Å². The van der Waals surface area contributed by atoms with Crippen molar-refractivity contribution in [1.29, 1.82) is 0 Å². The van der Waals surface area contributed by atoms with Gasteiger partial charge in [-0.3, -0.25) is 9.59 Å². The summed E-state index contributed by atoms with van der Waals surface area (Å²) < 4.78 is 7.01. The van der Waals surface area contributed by atoms with Crippen molar-refractivity contribution in [1.82, 2.24) is 20.1 Å². The van der Waals surface area contributed by atoms with Gasteiger partial charge in [-0.25, -0.2) is 0 Å². The molecule has 2 N–H and O–H groups in total. The Bertz CT molecular complexity index is 1210. The van der Waals surface area contributed by atoms with Crippen LogP contribution in [0.25, 0.3) is 0 Å². The van der Waals surface area contributed by atoms with Gasteiger partial charge in [0, 0.05) is 27.8 Å². The minimum atomic E-state index is -0.413. The normalized spacial score (nSPS) is 11.7. The Morgan fingerprint density at radius 2 is 1.81 bits per heavy atom. The molecule has 0 aliphatic heterocycles. The van der Waals surface area contributed by atoms with E-state index in [0.29, 0.717) is 44.6 Å².